The van der Waals surface area contributed by atoms with E-state index in [1.807, 2.05) is 6.07 Å². The number of para-hydroxylation sites is 1. The summed E-state index contributed by atoms with van der Waals surface area (Å²) in [5, 5.41) is 11.1. The second-order valence-corrected chi connectivity index (χ2v) is 6.96. The SMILES string of the molecule is O=[N+]([O-])c1ccc(OP(=O)(Oc2ccccc2)c2ccccc2)cc1. The number of hydrogen-bond donors (Lipinski definition) is 0. The van der Waals surface area contributed by atoms with Gasteiger partial charge in [-0.05, 0) is 36.4 Å². The fourth-order valence-electron chi connectivity index (χ4n) is 2.12. The largest absolute Gasteiger partial charge is 0.462 e. The molecule has 3 aromatic rings. The molecule has 7 heteroatoms. The van der Waals surface area contributed by atoms with Crippen LogP contribution in [0.15, 0.2) is 84.9 Å². The van der Waals surface area contributed by atoms with Crippen LogP contribution in [-0.2, 0) is 4.57 Å². The molecule has 1 unspecified atom stereocenters. The van der Waals surface area contributed by atoms with Gasteiger partial charge in [0.1, 0.15) is 11.5 Å². The molecule has 1 atom stereocenters. The zero-order valence-corrected chi connectivity index (χ0v) is 13.9. The highest BCUT2D eigenvalue weighted by atomic mass is 31.2. The summed E-state index contributed by atoms with van der Waals surface area (Å²) in [5.74, 6) is 0.616. The highest BCUT2D eigenvalue weighted by molar-refractivity contribution is 7.63. The molecule has 25 heavy (non-hydrogen) atoms. The molecule has 126 valence electrons. The zero-order chi connectivity index (χ0) is 17.7. The fraction of sp³-hybridized carbons (Fsp3) is 0. The number of hydrogen-bond acceptors (Lipinski definition) is 5. The summed E-state index contributed by atoms with van der Waals surface area (Å²) in [4.78, 5) is 10.2. The first kappa shape index (κ1) is 16.7. The van der Waals surface area contributed by atoms with Crippen LogP contribution in [-0.4, -0.2) is 4.92 Å². The Labute approximate surface area is 144 Å². The van der Waals surface area contributed by atoms with Crippen molar-refractivity contribution in [3.05, 3.63) is 95.0 Å². The smallest absolute Gasteiger partial charge is 0.413 e. The van der Waals surface area contributed by atoms with Crippen LogP contribution in [0.25, 0.3) is 0 Å². The van der Waals surface area contributed by atoms with Crippen molar-refractivity contribution in [3.8, 4) is 11.5 Å². The molecular weight excluding hydrogens is 341 g/mol. The van der Waals surface area contributed by atoms with Crippen LogP contribution in [0, 0.1) is 10.1 Å². The monoisotopic (exact) mass is 355 g/mol. The van der Waals surface area contributed by atoms with E-state index in [0.29, 0.717) is 11.1 Å². The lowest BCUT2D eigenvalue weighted by molar-refractivity contribution is -0.384. The van der Waals surface area contributed by atoms with Crippen molar-refractivity contribution >= 4 is 18.6 Å². The van der Waals surface area contributed by atoms with Crippen molar-refractivity contribution in [1.82, 2.24) is 0 Å². The van der Waals surface area contributed by atoms with Crippen LogP contribution in [0.1, 0.15) is 0 Å². The Kier molecular flexibility index (Phi) is 4.82. The van der Waals surface area contributed by atoms with Gasteiger partial charge < -0.3 is 9.05 Å². The Balaban J connectivity index is 1.94. The van der Waals surface area contributed by atoms with Gasteiger partial charge in [0.2, 0.25) is 0 Å². The molecule has 3 rings (SSSR count). The van der Waals surface area contributed by atoms with Crippen molar-refractivity contribution in [3.63, 3.8) is 0 Å². The maximum atomic E-state index is 13.4. The molecule has 0 fully saturated rings. The van der Waals surface area contributed by atoms with Crippen LogP contribution in [0.4, 0.5) is 5.69 Å². The van der Waals surface area contributed by atoms with Crippen molar-refractivity contribution in [2.45, 2.75) is 0 Å². The molecule has 0 aliphatic rings. The predicted molar refractivity (Wildman–Crippen MR) is 94.5 cm³/mol. The first-order valence-electron chi connectivity index (χ1n) is 7.41. The third-order valence-electron chi connectivity index (χ3n) is 3.31. The van der Waals surface area contributed by atoms with Gasteiger partial charge >= 0.3 is 7.60 Å². The third-order valence-corrected chi connectivity index (χ3v) is 5.15. The summed E-state index contributed by atoms with van der Waals surface area (Å²) < 4.78 is 24.7. The van der Waals surface area contributed by atoms with Crippen molar-refractivity contribution in [2.75, 3.05) is 0 Å². The molecule has 0 aliphatic carbocycles. The van der Waals surface area contributed by atoms with Gasteiger partial charge in [-0.15, -0.1) is 0 Å². The predicted octanol–water partition coefficient (Wildman–Crippen LogP) is 4.57. The van der Waals surface area contributed by atoms with Crippen molar-refractivity contribution in [1.29, 1.82) is 0 Å². The molecule has 0 amide bonds. The minimum atomic E-state index is -3.72. The highest BCUT2D eigenvalue weighted by Crippen LogP contribution is 2.47. The third kappa shape index (κ3) is 4.05. The van der Waals surface area contributed by atoms with Crippen LogP contribution < -0.4 is 14.4 Å². The lowest BCUT2D eigenvalue weighted by Gasteiger charge is -2.20. The lowest BCUT2D eigenvalue weighted by Crippen LogP contribution is -2.14. The zero-order valence-electron chi connectivity index (χ0n) is 13.0. The number of benzene rings is 3. The molecule has 0 saturated carbocycles. The number of non-ortho nitro benzene ring substituents is 1. The van der Waals surface area contributed by atoms with E-state index in [2.05, 4.69) is 0 Å². The maximum Gasteiger partial charge on any atom is 0.462 e. The average Bonchev–Trinajstić information content (AvgIpc) is 2.63. The Bertz CT molecular complexity index is 898. The van der Waals surface area contributed by atoms with E-state index < -0.39 is 12.5 Å². The van der Waals surface area contributed by atoms with E-state index in [0.717, 1.165) is 0 Å². The summed E-state index contributed by atoms with van der Waals surface area (Å²) in [5.41, 5.74) is -0.0779. The Morgan fingerprint density at radius 2 is 1.20 bits per heavy atom. The topological polar surface area (TPSA) is 78.7 Å². The van der Waals surface area contributed by atoms with Gasteiger partial charge in [0.25, 0.3) is 5.69 Å². The summed E-state index contributed by atoms with van der Waals surface area (Å²) in [6, 6.07) is 22.6. The van der Waals surface area contributed by atoms with Gasteiger partial charge in [0.15, 0.2) is 0 Å². The lowest BCUT2D eigenvalue weighted by atomic mass is 10.3. The van der Waals surface area contributed by atoms with Gasteiger partial charge in [-0.25, -0.2) is 4.57 Å². The molecule has 0 aliphatic heterocycles. The maximum absolute atomic E-state index is 13.4. The average molecular weight is 355 g/mol. The van der Waals surface area contributed by atoms with Gasteiger partial charge in [-0.2, -0.15) is 0 Å². The molecule has 0 N–H and O–H groups in total. The summed E-state index contributed by atoms with van der Waals surface area (Å²) in [6.45, 7) is 0. The molecule has 0 aromatic heterocycles. The Morgan fingerprint density at radius 3 is 1.72 bits per heavy atom. The number of nitrogens with zero attached hydrogens (tertiary/aromatic N) is 1. The Hall–Kier alpha value is -3.11. The number of nitro benzene ring substituents is 1. The van der Waals surface area contributed by atoms with Crippen molar-refractivity contribution < 1.29 is 18.5 Å². The van der Waals surface area contributed by atoms with Crippen LogP contribution >= 0.6 is 7.60 Å². The Morgan fingerprint density at radius 1 is 0.720 bits per heavy atom. The molecule has 0 bridgehead atoms. The number of nitro groups is 1. The van der Waals surface area contributed by atoms with E-state index in [1.54, 1.807) is 54.6 Å². The van der Waals surface area contributed by atoms with Gasteiger partial charge in [0, 0.05) is 12.1 Å². The quantitative estimate of drug-likeness (QED) is 0.368. The van der Waals surface area contributed by atoms with E-state index in [4.69, 9.17) is 9.05 Å². The molecule has 6 nitrogen and oxygen atoms in total. The van der Waals surface area contributed by atoms with E-state index in [9.17, 15) is 14.7 Å². The van der Waals surface area contributed by atoms with E-state index in [-0.39, 0.29) is 11.4 Å². The van der Waals surface area contributed by atoms with Gasteiger partial charge in [-0.3, -0.25) is 10.1 Å². The van der Waals surface area contributed by atoms with E-state index in [1.165, 1.54) is 24.3 Å². The highest BCUT2D eigenvalue weighted by Gasteiger charge is 2.31. The van der Waals surface area contributed by atoms with Crippen molar-refractivity contribution in [2.24, 2.45) is 0 Å². The van der Waals surface area contributed by atoms with Crippen LogP contribution in [0.3, 0.4) is 0 Å². The van der Waals surface area contributed by atoms with Crippen LogP contribution in [0.5, 0.6) is 11.5 Å². The van der Waals surface area contributed by atoms with Gasteiger partial charge in [0.05, 0.1) is 10.2 Å². The normalized spacial score (nSPS) is 12.8. The molecule has 0 spiro atoms. The fourth-order valence-corrected chi connectivity index (χ4v) is 3.71. The summed E-state index contributed by atoms with van der Waals surface area (Å²) in [6.07, 6.45) is 0. The molecule has 3 aromatic carbocycles. The minimum Gasteiger partial charge on any atom is -0.413 e. The molecular formula is C18H14NO5P. The first-order valence-corrected chi connectivity index (χ1v) is 8.95. The van der Waals surface area contributed by atoms with E-state index >= 15 is 0 Å². The molecule has 0 heterocycles. The number of rotatable bonds is 6. The van der Waals surface area contributed by atoms with Gasteiger partial charge in [-0.1, -0.05) is 36.4 Å². The van der Waals surface area contributed by atoms with Crippen LogP contribution in [0.2, 0.25) is 0 Å². The molecule has 0 saturated heterocycles. The second kappa shape index (κ2) is 7.20. The summed E-state index contributed by atoms with van der Waals surface area (Å²) >= 11 is 0. The second-order valence-electron chi connectivity index (χ2n) is 5.08. The standard InChI is InChI=1S/C18H14NO5P/c20-19(21)15-11-13-17(14-12-15)24-25(22,18-9-5-2-6-10-18)23-16-7-3-1-4-8-16/h1-14H. The molecule has 0 radical (unpaired) electrons. The first-order chi connectivity index (χ1) is 12.1. The summed E-state index contributed by atoms with van der Waals surface area (Å²) in [7, 11) is -3.72. The minimum absolute atomic E-state index is 0.0779.